The predicted molar refractivity (Wildman–Crippen MR) is 56.0 cm³/mol. The van der Waals surface area contributed by atoms with Gasteiger partial charge in [-0.25, -0.2) is 4.98 Å². The average molecular weight is 210 g/mol. The smallest absolute Gasteiger partial charge is 0.223 e. The van der Waals surface area contributed by atoms with Crippen molar-refractivity contribution in [2.24, 2.45) is 11.8 Å². The molecule has 1 N–H and O–H groups in total. The fourth-order valence-electron chi connectivity index (χ4n) is 1.47. The van der Waals surface area contributed by atoms with Crippen LogP contribution in [0.3, 0.4) is 0 Å². The number of nitrogens with one attached hydrogen (secondary N) is 1. The fourth-order valence-corrected chi connectivity index (χ4v) is 2.18. The van der Waals surface area contributed by atoms with Gasteiger partial charge in [0.05, 0.1) is 6.54 Å². The lowest BCUT2D eigenvalue weighted by atomic mass is 10.3. The number of amides is 1. The van der Waals surface area contributed by atoms with E-state index < -0.39 is 0 Å². The van der Waals surface area contributed by atoms with Gasteiger partial charge in [-0.1, -0.05) is 6.92 Å². The molecule has 0 aliphatic heterocycles. The summed E-state index contributed by atoms with van der Waals surface area (Å²) in [6, 6.07) is 0. The Balaban J connectivity index is 1.80. The molecule has 3 nitrogen and oxygen atoms in total. The van der Waals surface area contributed by atoms with Gasteiger partial charge in [-0.2, -0.15) is 0 Å². The number of aryl methyl sites for hydroxylation is 1. The number of nitrogens with zero attached hydrogens (tertiary/aromatic N) is 1. The zero-order valence-electron chi connectivity index (χ0n) is 8.41. The Labute approximate surface area is 87.6 Å². The van der Waals surface area contributed by atoms with Gasteiger partial charge in [0, 0.05) is 17.0 Å². The van der Waals surface area contributed by atoms with E-state index in [2.05, 4.69) is 17.2 Å². The molecule has 0 unspecified atom stereocenters. The normalized spacial score (nSPS) is 24.7. The number of carbonyl (C=O) groups is 1. The Kier molecular flexibility index (Phi) is 2.54. The third-order valence-corrected chi connectivity index (χ3v) is 3.49. The van der Waals surface area contributed by atoms with Gasteiger partial charge in [0.15, 0.2) is 0 Å². The van der Waals surface area contributed by atoms with Crippen LogP contribution in [0, 0.1) is 18.8 Å². The van der Waals surface area contributed by atoms with E-state index in [0.29, 0.717) is 12.5 Å². The lowest BCUT2D eigenvalue weighted by Gasteiger charge is -2.00. The minimum Gasteiger partial charge on any atom is -0.349 e. The third kappa shape index (κ3) is 2.12. The molecule has 1 aromatic heterocycles. The highest BCUT2D eigenvalue weighted by atomic mass is 32.1. The Morgan fingerprint density at radius 2 is 2.50 bits per heavy atom. The lowest BCUT2D eigenvalue weighted by molar-refractivity contribution is -0.122. The summed E-state index contributed by atoms with van der Waals surface area (Å²) in [5.74, 6) is 1.02. The maximum atomic E-state index is 11.5. The van der Waals surface area contributed by atoms with Crippen molar-refractivity contribution in [2.45, 2.75) is 26.8 Å². The van der Waals surface area contributed by atoms with Crippen LogP contribution in [0.1, 0.15) is 24.0 Å². The first-order valence-corrected chi connectivity index (χ1v) is 5.73. The lowest BCUT2D eigenvalue weighted by Crippen LogP contribution is -2.24. The molecule has 14 heavy (non-hydrogen) atoms. The minimum absolute atomic E-state index is 0.186. The number of hydrogen-bond donors (Lipinski definition) is 1. The van der Waals surface area contributed by atoms with Gasteiger partial charge in [0.1, 0.15) is 5.01 Å². The molecule has 1 aliphatic carbocycles. The van der Waals surface area contributed by atoms with E-state index in [9.17, 15) is 4.79 Å². The SMILES string of the molecule is Cc1csc(CNC(=O)[C@H]2C[C@@H]2C)n1. The van der Waals surface area contributed by atoms with Crippen molar-refractivity contribution in [2.75, 3.05) is 0 Å². The molecule has 0 radical (unpaired) electrons. The van der Waals surface area contributed by atoms with Crippen LogP contribution in [0.2, 0.25) is 0 Å². The molecule has 1 amide bonds. The van der Waals surface area contributed by atoms with Crippen LogP contribution in [0.15, 0.2) is 5.38 Å². The Morgan fingerprint density at radius 1 is 1.79 bits per heavy atom. The molecular formula is C10H14N2OS. The summed E-state index contributed by atoms with van der Waals surface area (Å²) in [6.07, 6.45) is 1.04. The number of thiazole rings is 1. The van der Waals surface area contributed by atoms with Crippen LogP contribution in [0.25, 0.3) is 0 Å². The second-order valence-corrected chi connectivity index (χ2v) is 4.86. The summed E-state index contributed by atoms with van der Waals surface area (Å²) in [4.78, 5) is 15.7. The topological polar surface area (TPSA) is 42.0 Å². The van der Waals surface area contributed by atoms with Gasteiger partial charge in [-0.3, -0.25) is 4.79 Å². The van der Waals surface area contributed by atoms with Crippen molar-refractivity contribution < 1.29 is 4.79 Å². The van der Waals surface area contributed by atoms with Crippen molar-refractivity contribution in [1.29, 1.82) is 0 Å². The van der Waals surface area contributed by atoms with Crippen LogP contribution in [0.4, 0.5) is 0 Å². The first-order chi connectivity index (χ1) is 6.66. The molecule has 1 fully saturated rings. The van der Waals surface area contributed by atoms with E-state index in [1.165, 1.54) is 0 Å². The molecule has 0 spiro atoms. The molecule has 2 rings (SSSR count). The molecule has 2 atom stereocenters. The number of aromatic nitrogens is 1. The highest BCUT2D eigenvalue weighted by Gasteiger charge is 2.38. The maximum Gasteiger partial charge on any atom is 0.223 e. The molecule has 0 saturated heterocycles. The van der Waals surface area contributed by atoms with Crippen molar-refractivity contribution in [1.82, 2.24) is 10.3 Å². The fraction of sp³-hybridized carbons (Fsp3) is 0.600. The van der Waals surface area contributed by atoms with Crippen molar-refractivity contribution >= 4 is 17.2 Å². The minimum atomic E-state index is 0.186. The molecular weight excluding hydrogens is 196 g/mol. The summed E-state index contributed by atoms with van der Waals surface area (Å²) >= 11 is 1.60. The molecule has 1 aliphatic rings. The second kappa shape index (κ2) is 3.69. The first kappa shape index (κ1) is 9.65. The molecule has 0 aromatic carbocycles. The van der Waals surface area contributed by atoms with Crippen molar-refractivity contribution in [3.8, 4) is 0 Å². The molecule has 1 aromatic rings. The number of hydrogen-bond acceptors (Lipinski definition) is 3. The largest absolute Gasteiger partial charge is 0.349 e. The molecule has 76 valence electrons. The van der Waals surface area contributed by atoms with Gasteiger partial charge in [0.25, 0.3) is 0 Å². The number of carbonyl (C=O) groups excluding carboxylic acids is 1. The van der Waals surface area contributed by atoms with E-state index in [1.807, 2.05) is 12.3 Å². The summed E-state index contributed by atoms with van der Waals surface area (Å²) < 4.78 is 0. The monoisotopic (exact) mass is 210 g/mol. The van der Waals surface area contributed by atoms with E-state index in [4.69, 9.17) is 0 Å². The van der Waals surface area contributed by atoms with E-state index in [0.717, 1.165) is 17.1 Å². The van der Waals surface area contributed by atoms with Crippen molar-refractivity contribution in [3.05, 3.63) is 16.1 Å². The van der Waals surface area contributed by atoms with Crippen molar-refractivity contribution in [3.63, 3.8) is 0 Å². The van der Waals surface area contributed by atoms with Gasteiger partial charge in [-0.15, -0.1) is 11.3 Å². The molecule has 1 saturated carbocycles. The molecule has 0 bridgehead atoms. The Hall–Kier alpha value is -0.900. The summed E-state index contributed by atoms with van der Waals surface area (Å²) in [5.41, 5.74) is 1.03. The van der Waals surface area contributed by atoms with Gasteiger partial charge < -0.3 is 5.32 Å². The van der Waals surface area contributed by atoms with Gasteiger partial charge in [0.2, 0.25) is 5.91 Å². The summed E-state index contributed by atoms with van der Waals surface area (Å²) in [6.45, 7) is 4.66. The van der Waals surface area contributed by atoms with E-state index in [1.54, 1.807) is 11.3 Å². The third-order valence-electron chi connectivity index (χ3n) is 2.53. The zero-order valence-corrected chi connectivity index (χ0v) is 9.23. The number of rotatable bonds is 3. The Bertz CT molecular complexity index is 348. The predicted octanol–water partition coefficient (Wildman–Crippen LogP) is 1.72. The van der Waals surface area contributed by atoms with Crippen LogP contribution in [-0.4, -0.2) is 10.9 Å². The maximum absolute atomic E-state index is 11.5. The van der Waals surface area contributed by atoms with E-state index >= 15 is 0 Å². The van der Waals surface area contributed by atoms with Gasteiger partial charge in [-0.05, 0) is 19.3 Å². The quantitative estimate of drug-likeness (QED) is 0.825. The second-order valence-electron chi connectivity index (χ2n) is 3.92. The van der Waals surface area contributed by atoms with E-state index in [-0.39, 0.29) is 11.8 Å². The van der Waals surface area contributed by atoms with Crippen LogP contribution in [-0.2, 0) is 11.3 Å². The first-order valence-electron chi connectivity index (χ1n) is 4.85. The highest BCUT2D eigenvalue weighted by Crippen LogP contribution is 2.37. The highest BCUT2D eigenvalue weighted by molar-refractivity contribution is 7.09. The summed E-state index contributed by atoms with van der Waals surface area (Å²) in [5, 5.41) is 5.90. The Morgan fingerprint density at radius 3 is 3.00 bits per heavy atom. The molecule has 1 heterocycles. The molecule has 4 heteroatoms. The summed E-state index contributed by atoms with van der Waals surface area (Å²) in [7, 11) is 0. The van der Waals surface area contributed by atoms with Crippen LogP contribution in [0.5, 0.6) is 0 Å². The zero-order chi connectivity index (χ0) is 10.1. The van der Waals surface area contributed by atoms with Crippen LogP contribution < -0.4 is 5.32 Å². The standard InChI is InChI=1S/C10H14N2OS/c1-6-3-8(6)10(13)11-4-9-12-7(2)5-14-9/h5-6,8H,3-4H2,1-2H3,(H,11,13)/t6-,8-/m0/s1. The average Bonchev–Trinajstić information content (AvgIpc) is 2.72. The van der Waals surface area contributed by atoms with Crippen LogP contribution >= 0.6 is 11.3 Å². The van der Waals surface area contributed by atoms with Gasteiger partial charge >= 0.3 is 0 Å².